The van der Waals surface area contributed by atoms with Crippen LogP contribution in [0.3, 0.4) is 0 Å². The molecular weight excluding hydrogens is 302 g/mol. The lowest BCUT2D eigenvalue weighted by Gasteiger charge is -2.31. The molecule has 2 rings (SSSR count). The van der Waals surface area contributed by atoms with Crippen LogP contribution in [0.5, 0.6) is 0 Å². The van der Waals surface area contributed by atoms with Crippen molar-refractivity contribution >= 4 is 11.8 Å². The van der Waals surface area contributed by atoms with Crippen LogP contribution in [0.4, 0.5) is 0 Å². The van der Waals surface area contributed by atoms with E-state index in [2.05, 4.69) is 5.32 Å². The Balaban J connectivity index is 1.82. The van der Waals surface area contributed by atoms with Crippen LogP contribution in [0.15, 0.2) is 30.3 Å². The zero-order valence-electron chi connectivity index (χ0n) is 14.5. The van der Waals surface area contributed by atoms with E-state index < -0.39 is 0 Å². The molecule has 5 heteroatoms. The lowest BCUT2D eigenvalue weighted by atomic mass is 9.84. The average Bonchev–Trinajstić information content (AvgIpc) is 2.59. The quantitative estimate of drug-likeness (QED) is 0.803. The smallest absolute Gasteiger partial charge is 0.222 e. The summed E-state index contributed by atoms with van der Waals surface area (Å²) in [6.07, 6.45) is 4.78. The van der Waals surface area contributed by atoms with Gasteiger partial charge in [0.1, 0.15) is 0 Å². The van der Waals surface area contributed by atoms with Crippen LogP contribution in [0.2, 0.25) is 0 Å². The van der Waals surface area contributed by atoms with Crippen molar-refractivity contribution < 1.29 is 9.59 Å². The Bertz CT molecular complexity index is 533. The van der Waals surface area contributed by atoms with Gasteiger partial charge in [-0.3, -0.25) is 9.59 Å². The largest absolute Gasteiger partial charge is 0.353 e. The first-order valence-electron chi connectivity index (χ1n) is 8.89. The maximum absolute atomic E-state index is 12.3. The second-order valence-electron chi connectivity index (χ2n) is 6.63. The van der Waals surface area contributed by atoms with Crippen LogP contribution in [0, 0.1) is 5.92 Å². The number of amides is 2. The molecule has 1 saturated carbocycles. The van der Waals surface area contributed by atoms with Crippen molar-refractivity contribution in [3.8, 4) is 0 Å². The molecule has 0 heterocycles. The Morgan fingerprint density at radius 1 is 1.21 bits per heavy atom. The Labute approximate surface area is 144 Å². The van der Waals surface area contributed by atoms with Gasteiger partial charge < -0.3 is 16.0 Å². The van der Waals surface area contributed by atoms with Gasteiger partial charge in [0, 0.05) is 32.5 Å². The average molecular weight is 331 g/mol. The number of nitrogens with zero attached hydrogens (tertiary/aromatic N) is 1. The van der Waals surface area contributed by atoms with Crippen molar-refractivity contribution in [1.82, 2.24) is 10.2 Å². The molecule has 1 fully saturated rings. The third-order valence-corrected chi connectivity index (χ3v) is 4.83. The minimum absolute atomic E-state index is 0.0100. The standard InChI is InChI=1S/C19H29N3O2/c1-15(23)22(14-16-7-3-2-4-8-16)12-11-19(24)21-18-10-6-5-9-17(18)13-20/h2-4,7-8,17-18H,5-6,9-14,20H2,1H3,(H,21,24). The molecule has 1 aliphatic rings. The molecule has 1 aromatic rings. The summed E-state index contributed by atoms with van der Waals surface area (Å²) in [4.78, 5) is 25.8. The highest BCUT2D eigenvalue weighted by Crippen LogP contribution is 2.23. The molecule has 0 spiro atoms. The van der Waals surface area contributed by atoms with Crippen LogP contribution >= 0.6 is 0 Å². The van der Waals surface area contributed by atoms with Gasteiger partial charge in [0.15, 0.2) is 0 Å². The summed E-state index contributed by atoms with van der Waals surface area (Å²) in [5.41, 5.74) is 6.89. The number of benzene rings is 1. The van der Waals surface area contributed by atoms with Crippen LogP contribution in [-0.4, -0.2) is 35.8 Å². The van der Waals surface area contributed by atoms with Gasteiger partial charge in [0.05, 0.1) is 0 Å². The van der Waals surface area contributed by atoms with Gasteiger partial charge in [-0.2, -0.15) is 0 Å². The fraction of sp³-hybridized carbons (Fsp3) is 0.579. The predicted octanol–water partition coefficient (Wildman–Crippen LogP) is 2.06. The minimum Gasteiger partial charge on any atom is -0.353 e. The molecule has 1 aliphatic carbocycles. The SMILES string of the molecule is CC(=O)N(CCC(=O)NC1CCCCC1CN)Cc1ccccc1. The number of nitrogens with one attached hydrogen (secondary N) is 1. The monoisotopic (exact) mass is 331 g/mol. The fourth-order valence-electron chi connectivity index (χ4n) is 3.35. The number of carbonyl (C=O) groups excluding carboxylic acids is 2. The first-order valence-corrected chi connectivity index (χ1v) is 8.89. The van der Waals surface area contributed by atoms with Gasteiger partial charge in [-0.25, -0.2) is 0 Å². The second-order valence-corrected chi connectivity index (χ2v) is 6.63. The van der Waals surface area contributed by atoms with Crippen molar-refractivity contribution in [2.45, 2.75) is 51.6 Å². The normalized spacial score (nSPS) is 20.4. The third kappa shape index (κ3) is 5.64. The lowest BCUT2D eigenvalue weighted by molar-refractivity contribution is -0.130. The first-order chi connectivity index (χ1) is 11.6. The summed E-state index contributed by atoms with van der Waals surface area (Å²) in [6, 6.07) is 10.0. The fourth-order valence-corrected chi connectivity index (χ4v) is 3.35. The molecular formula is C19H29N3O2. The van der Waals surface area contributed by atoms with Crippen molar-refractivity contribution in [2.24, 2.45) is 11.7 Å². The van der Waals surface area contributed by atoms with Crippen molar-refractivity contribution in [3.05, 3.63) is 35.9 Å². The summed E-state index contributed by atoms with van der Waals surface area (Å²) in [5, 5.41) is 3.12. The van der Waals surface area contributed by atoms with E-state index in [9.17, 15) is 9.59 Å². The topological polar surface area (TPSA) is 75.4 Å². The molecule has 0 bridgehead atoms. The third-order valence-electron chi connectivity index (χ3n) is 4.83. The Morgan fingerprint density at radius 2 is 1.92 bits per heavy atom. The number of rotatable bonds is 7. The van der Waals surface area contributed by atoms with Crippen molar-refractivity contribution in [2.75, 3.05) is 13.1 Å². The van der Waals surface area contributed by atoms with Gasteiger partial charge in [-0.15, -0.1) is 0 Å². The van der Waals surface area contributed by atoms with E-state index in [1.165, 1.54) is 6.42 Å². The number of nitrogens with two attached hydrogens (primary N) is 1. The van der Waals surface area contributed by atoms with Gasteiger partial charge in [-0.1, -0.05) is 43.2 Å². The molecule has 0 radical (unpaired) electrons. The lowest BCUT2D eigenvalue weighted by Crippen LogP contribution is -2.45. The number of carbonyl (C=O) groups is 2. The summed E-state index contributed by atoms with van der Waals surface area (Å²) in [7, 11) is 0. The molecule has 2 amide bonds. The zero-order chi connectivity index (χ0) is 17.4. The predicted molar refractivity (Wildman–Crippen MR) is 95.1 cm³/mol. The van der Waals surface area contributed by atoms with E-state index in [-0.39, 0.29) is 17.9 Å². The van der Waals surface area contributed by atoms with Gasteiger partial charge in [0.2, 0.25) is 11.8 Å². The van der Waals surface area contributed by atoms with E-state index in [4.69, 9.17) is 5.73 Å². The number of hydrogen-bond donors (Lipinski definition) is 2. The maximum Gasteiger partial charge on any atom is 0.222 e. The van der Waals surface area contributed by atoms with E-state index in [0.717, 1.165) is 24.8 Å². The van der Waals surface area contributed by atoms with Crippen molar-refractivity contribution in [3.63, 3.8) is 0 Å². The van der Waals surface area contributed by atoms with Gasteiger partial charge >= 0.3 is 0 Å². The second kappa shape index (κ2) is 9.42. The molecule has 2 unspecified atom stereocenters. The van der Waals surface area contributed by atoms with Crippen molar-refractivity contribution in [1.29, 1.82) is 0 Å². The molecule has 2 atom stereocenters. The molecule has 3 N–H and O–H groups in total. The number of hydrogen-bond acceptors (Lipinski definition) is 3. The van der Waals surface area contributed by atoms with Crippen LogP contribution in [0.1, 0.15) is 44.6 Å². The Morgan fingerprint density at radius 3 is 2.58 bits per heavy atom. The summed E-state index contributed by atoms with van der Waals surface area (Å²) in [6.45, 7) is 3.15. The minimum atomic E-state index is -0.0100. The van der Waals surface area contributed by atoms with E-state index in [1.807, 2.05) is 30.3 Å². The van der Waals surface area contributed by atoms with Crippen LogP contribution < -0.4 is 11.1 Å². The molecule has 5 nitrogen and oxygen atoms in total. The van der Waals surface area contributed by atoms with Crippen LogP contribution in [-0.2, 0) is 16.1 Å². The molecule has 132 valence electrons. The first kappa shape index (κ1) is 18.5. The Hall–Kier alpha value is -1.88. The highest BCUT2D eigenvalue weighted by Gasteiger charge is 2.25. The van der Waals surface area contributed by atoms with Gasteiger partial charge in [0.25, 0.3) is 0 Å². The molecule has 0 saturated heterocycles. The van der Waals surface area contributed by atoms with E-state index in [0.29, 0.717) is 32.0 Å². The van der Waals surface area contributed by atoms with E-state index >= 15 is 0 Å². The Kier molecular flexibility index (Phi) is 7.25. The van der Waals surface area contributed by atoms with E-state index in [1.54, 1.807) is 11.8 Å². The highest BCUT2D eigenvalue weighted by atomic mass is 16.2. The summed E-state index contributed by atoms with van der Waals surface area (Å²) in [5.74, 6) is 0.389. The molecule has 0 aliphatic heterocycles. The molecule has 0 aromatic heterocycles. The molecule has 24 heavy (non-hydrogen) atoms. The summed E-state index contributed by atoms with van der Waals surface area (Å²) < 4.78 is 0. The van der Waals surface area contributed by atoms with Crippen LogP contribution in [0.25, 0.3) is 0 Å². The van der Waals surface area contributed by atoms with Gasteiger partial charge in [-0.05, 0) is 30.9 Å². The summed E-state index contributed by atoms with van der Waals surface area (Å²) >= 11 is 0. The molecule has 1 aromatic carbocycles. The maximum atomic E-state index is 12.3. The zero-order valence-corrected chi connectivity index (χ0v) is 14.5. The highest BCUT2D eigenvalue weighted by molar-refractivity contribution is 5.78.